The summed E-state index contributed by atoms with van der Waals surface area (Å²) >= 11 is 3.37. The molecule has 16 heteroatoms. The van der Waals surface area contributed by atoms with Crippen LogP contribution in [0.15, 0.2) is 71.2 Å². The van der Waals surface area contributed by atoms with Crippen LogP contribution in [0.3, 0.4) is 0 Å². The Labute approximate surface area is 303 Å². The van der Waals surface area contributed by atoms with Gasteiger partial charge in [0.25, 0.3) is 5.69 Å². The van der Waals surface area contributed by atoms with E-state index >= 15 is 0 Å². The summed E-state index contributed by atoms with van der Waals surface area (Å²) in [6.07, 6.45) is -7.30. The molecule has 0 aromatic heterocycles. The number of halogens is 8. The van der Waals surface area contributed by atoms with Gasteiger partial charge in [0.1, 0.15) is 5.69 Å². The van der Waals surface area contributed by atoms with Gasteiger partial charge in [0.2, 0.25) is 0 Å². The molecular weight excluding hydrogens is 798 g/mol. The number of rotatable bonds is 5. The fourth-order valence-corrected chi connectivity index (χ4v) is 6.65. The first-order chi connectivity index (χ1) is 23.0. The highest BCUT2D eigenvalue weighted by Crippen LogP contribution is 2.38. The lowest BCUT2D eigenvalue weighted by Crippen LogP contribution is -2.31. The third kappa shape index (κ3) is 9.08. The van der Waals surface area contributed by atoms with Crippen LogP contribution in [0.5, 0.6) is 0 Å². The van der Waals surface area contributed by atoms with E-state index in [0.29, 0.717) is 48.4 Å². The molecule has 0 radical (unpaired) electrons. The Bertz CT molecular complexity index is 1840. The summed E-state index contributed by atoms with van der Waals surface area (Å²) in [5, 5.41) is 11.1. The Morgan fingerprint density at radius 3 is 1.66 bits per heavy atom. The van der Waals surface area contributed by atoms with Crippen LogP contribution in [-0.4, -0.2) is 27.8 Å². The number of benzene rings is 4. The molecule has 6 N–H and O–H groups in total. The van der Waals surface area contributed by atoms with Crippen molar-refractivity contribution in [3.63, 3.8) is 0 Å². The molecule has 8 nitrogen and oxygen atoms in total. The van der Waals surface area contributed by atoms with Gasteiger partial charge >= 0.3 is 12.4 Å². The van der Waals surface area contributed by atoms with Crippen molar-refractivity contribution >= 4 is 55.7 Å². The number of hydrogen-bond acceptors (Lipinski definition) is 7. The molecule has 2 aliphatic heterocycles. The molecular formula is C34H34Br2F6N6O2. The fraction of sp³-hybridized carbons (Fsp3) is 0.294. The zero-order valence-electron chi connectivity index (χ0n) is 26.5. The average molecular weight is 832 g/mol. The lowest BCUT2D eigenvalue weighted by molar-refractivity contribution is -0.384. The molecule has 0 aliphatic carbocycles. The van der Waals surface area contributed by atoms with Gasteiger partial charge in [-0.3, -0.25) is 19.9 Å². The van der Waals surface area contributed by atoms with Crippen LogP contribution in [0.25, 0.3) is 0 Å². The zero-order valence-corrected chi connectivity index (χ0v) is 29.8. The van der Waals surface area contributed by atoms with Gasteiger partial charge in [0, 0.05) is 49.8 Å². The quantitative estimate of drug-likeness (QED) is 0.0797. The van der Waals surface area contributed by atoms with Crippen molar-refractivity contribution in [3.05, 3.63) is 126 Å². The van der Waals surface area contributed by atoms with Crippen LogP contribution in [0.2, 0.25) is 0 Å². The van der Waals surface area contributed by atoms with Crippen molar-refractivity contribution in [1.82, 2.24) is 9.80 Å². The molecule has 0 bridgehead atoms. The lowest BCUT2D eigenvalue weighted by atomic mass is 9.96. The van der Waals surface area contributed by atoms with Crippen LogP contribution in [-0.2, 0) is 51.4 Å². The summed E-state index contributed by atoms with van der Waals surface area (Å²) in [4.78, 5) is 14.8. The van der Waals surface area contributed by atoms with Gasteiger partial charge < -0.3 is 17.2 Å². The topological polar surface area (TPSA) is 128 Å². The van der Waals surface area contributed by atoms with E-state index in [1.54, 1.807) is 6.07 Å². The molecule has 268 valence electrons. The fourth-order valence-electron chi connectivity index (χ4n) is 6.07. The minimum Gasteiger partial charge on any atom is -0.397 e. The maximum atomic E-state index is 12.6. The molecule has 2 aliphatic rings. The van der Waals surface area contributed by atoms with Gasteiger partial charge in [-0.1, -0.05) is 46.3 Å². The summed E-state index contributed by atoms with van der Waals surface area (Å²) in [6, 6.07) is 15.6. The van der Waals surface area contributed by atoms with Crippen molar-refractivity contribution in [2.24, 2.45) is 0 Å². The van der Waals surface area contributed by atoms with E-state index < -0.39 is 28.4 Å². The molecule has 6 rings (SSSR count). The van der Waals surface area contributed by atoms with Crippen molar-refractivity contribution in [1.29, 1.82) is 0 Å². The van der Waals surface area contributed by atoms with E-state index in [2.05, 4.69) is 25.7 Å². The minimum atomic E-state index is -4.35. The number of nitrogens with zero attached hydrogens (tertiary/aromatic N) is 3. The highest BCUT2D eigenvalue weighted by Gasteiger charge is 2.31. The normalized spacial score (nSPS) is 14.9. The van der Waals surface area contributed by atoms with E-state index in [1.807, 2.05) is 6.07 Å². The first kappa shape index (κ1) is 38.9. The van der Waals surface area contributed by atoms with Gasteiger partial charge in [0.15, 0.2) is 0 Å². The summed E-state index contributed by atoms with van der Waals surface area (Å²) in [7, 11) is 0. The first-order valence-corrected chi connectivity index (χ1v) is 16.0. The van der Waals surface area contributed by atoms with E-state index in [9.17, 15) is 36.5 Å². The molecule has 0 spiro atoms. The number of hydrogen-bond donors (Lipinski definition) is 3. The zero-order chi connectivity index (χ0) is 35.7. The number of fused-ring (bicyclic) bond motifs is 2. The Kier molecular flexibility index (Phi) is 12.1. The van der Waals surface area contributed by atoms with Gasteiger partial charge in [-0.25, -0.2) is 0 Å². The number of anilines is 3. The van der Waals surface area contributed by atoms with Gasteiger partial charge in [-0.15, -0.1) is 17.0 Å². The molecule has 0 unspecified atom stereocenters. The van der Waals surface area contributed by atoms with Crippen LogP contribution in [0, 0.1) is 10.1 Å². The second-order valence-electron chi connectivity index (χ2n) is 12.0. The standard InChI is InChI=1S/C17H15BrF3N3O2.C17H18F3N3.BrH/c18-14-7-15(24(25)26)16(22)12-5-6-23(9-13(12)14)8-10-1-3-11(4-2-10)17(19,20)21;18-17(19,20)13-4-1-11(2-5-13)9-23-8-7-14-12(10-23)3-6-15(21)16(14)22;/h1-4,7H,5-6,8-9,22H2;1-6H,7-10,21-22H2;1H. The Hall–Kier alpha value is -3.86. The smallest absolute Gasteiger partial charge is 0.397 e. The van der Waals surface area contributed by atoms with Gasteiger partial charge in [-0.2, -0.15) is 26.3 Å². The summed E-state index contributed by atoms with van der Waals surface area (Å²) in [5.74, 6) is 0. The largest absolute Gasteiger partial charge is 0.416 e. The molecule has 4 aromatic rings. The Balaban J connectivity index is 0.000000222. The van der Waals surface area contributed by atoms with E-state index in [-0.39, 0.29) is 28.4 Å². The second-order valence-corrected chi connectivity index (χ2v) is 12.9. The highest BCUT2D eigenvalue weighted by atomic mass is 79.9. The Morgan fingerprint density at radius 1 is 0.700 bits per heavy atom. The molecule has 0 atom stereocenters. The molecule has 0 fully saturated rings. The van der Waals surface area contributed by atoms with E-state index in [1.165, 1.54) is 30.3 Å². The number of nitrogens with two attached hydrogens (primary N) is 3. The van der Waals surface area contributed by atoms with Crippen LogP contribution in [0.1, 0.15) is 44.5 Å². The predicted molar refractivity (Wildman–Crippen MR) is 189 cm³/mol. The highest BCUT2D eigenvalue weighted by molar-refractivity contribution is 9.10. The monoisotopic (exact) mass is 830 g/mol. The number of nitrogen functional groups attached to an aromatic ring is 3. The maximum Gasteiger partial charge on any atom is 0.416 e. The second kappa shape index (κ2) is 15.6. The lowest BCUT2D eigenvalue weighted by Gasteiger charge is -2.30. The third-order valence-electron chi connectivity index (χ3n) is 8.71. The van der Waals surface area contributed by atoms with Crippen molar-refractivity contribution in [2.45, 2.75) is 51.4 Å². The third-order valence-corrected chi connectivity index (χ3v) is 9.42. The molecule has 2 heterocycles. The summed E-state index contributed by atoms with van der Waals surface area (Å²) in [5.41, 5.74) is 23.3. The number of nitro groups is 1. The molecule has 0 saturated carbocycles. The molecule has 0 amide bonds. The molecule has 0 saturated heterocycles. The first-order valence-electron chi connectivity index (χ1n) is 15.2. The predicted octanol–water partition coefficient (Wildman–Crippen LogP) is 8.52. The van der Waals surface area contributed by atoms with Crippen LogP contribution < -0.4 is 17.2 Å². The van der Waals surface area contributed by atoms with Crippen LogP contribution in [0.4, 0.5) is 49.1 Å². The summed E-state index contributed by atoms with van der Waals surface area (Å²) in [6.45, 7) is 3.76. The van der Waals surface area contributed by atoms with Crippen molar-refractivity contribution in [2.75, 3.05) is 30.3 Å². The average Bonchev–Trinajstić information content (AvgIpc) is 3.04. The molecule has 50 heavy (non-hydrogen) atoms. The maximum absolute atomic E-state index is 12.6. The van der Waals surface area contributed by atoms with Gasteiger partial charge in [0.05, 0.1) is 27.4 Å². The summed E-state index contributed by atoms with van der Waals surface area (Å²) < 4.78 is 76.3. The minimum absolute atomic E-state index is 0. The van der Waals surface area contributed by atoms with Crippen molar-refractivity contribution < 1.29 is 31.3 Å². The van der Waals surface area contributed by atoms with Gasteiger partial charge in [-0.05, 0) is 76.6 Å². The van der Waals surface area contributed by atoms with Crippen LogP contribution >= 0.6 is 32.9 Å². The molecule has 4 aromatic carbocycles. The SMILES string of the molecule is Br.Nc1c([N+](=O)[O-])cc(Br)c2c1CCN(Cc1ccc(C(F)(F)F)cc1)C2.Nc1ccc2c(c1N)CCN(Cc1ccc(C(F)(F)F)cc1)C2. The van der Waals surface area contributed by atoms with E-state index in [0.717, 1.165) is 77.2 Å². The van der Waals surface area contributed by atoms with E-state index in [4.69, 9.17) is 17.2 Å². The Morgan fingerprint density at radius 2 is 1.18 bits per heavy atom. The number of alkyl halides is 6. The van der Waals surface area contributed by atoms with Crippen molar-refractivity contribution in [3.8, 4) is 0 Å². The number of nitro benzene ring substituents is 1.